The van der Waals surface area contributed by atoms with E-state index < -0.39 is 5.41 Å². The number of hydrogen-bond acceptors (Lipinski definition) is 3. The summed E-state index contributed by atoms with van der Waals surface area (Å²) in [6, 6.07) is 15.6. The topological polar surface area (TPSA) is 47.6 Å². The molecule has 4 heteroatoms. The smallest absolute Gasteiger partial charge is 0.235 e. The van der Waals surface area contributed by atoms with E-state index in [0.29, 0.717) is 0 Å². The third-order valence-electron chi connectivity index (χ3n) is 5.56. The Balaban J connectivity index is 1.75. The van der Waals surface area contributed by atoms with E-state index in [-0.39, 0.29) is 12.0 Å². The second kappa shape index (κ2) is 8.47. The number of anilines is 1. The summed E-state index contributed by atoms with van der Waals surface area (Å²) in [6.45, 7) is 4.15. The van der Waals surface area contributed by atoms with Crippen LogP contribution in [-0.2, 0) is 10.2 Å². The zero-order valence-corrected chi connectivity index (χ0v) is 16.5. The summed E-state index contributed by atoms with van der Waals surface area (Å²) in [6.07, 6.45) is 5.04. The van der Waals surface area contributed by atoms with Crippen LogP contribution in [0.3, 0.4) is 0 Å². The molecule has 0 unspecified atom stereocenters. The van der Waals surface area contributed by atoms with Gasteiger partial charge in [0.15, 0.2) is 0 Å². The predicted molar refractivity (Wildman–Crippen MR) is 109 cm³/mol. The van der Waals surface area contributed by atoms with Crippen molar-refractivity contribution in [2.75, 3.05) is 12.4 Å². The van der Waals surface area contributed by atoms with Gasteiger partial charge in [0.2, 0.25) is 5.91 Å². The lowest BCUT2D eigenvalue weighted by Gasteiger charge is -2.28. The van der Waals surface area contributed by atoms with E-state index in [1.807, 2.05) is 55.5 Å². The molecule has 4 nitrogen and oxygen atoms in total. The summed E-state index contributed by atoms with van der Waals surface area (Å²) >= 11 is 0. The molecule has 2 aromatic rings. The van der Waals surface area contributed by atoms with Crippen LogP contribution in [0.1, 0.15) is 51.5 Å². The first-order valence-corrected chi connectivity index (χ1v) is 9.80. The fourth-order valence-electron chi connectivity index (χ4n) is 3.72. The Labute approximate surface area is 161 Å². The largest absolute Gasteiger partial charge is 0.497 e. The van der Waals surface area contributed by atoms with Crippen LogP contribution in [0.4, 0.5) is 5.69 Å². The molecule has 1 amide bonds. The molecule has 1 fully saturated rings. The Morgan fingerprint density at radius 2 is 1.63 bits per heavy atom. The minimum Gasteiger partial charge on any atom is -0.497 e. The Hall–Kier alpha value is -2.49. The molecule has 1 aliphatic rings. The van der Waals surface area contributed by atoms with Crippen molar-refractivity contribution in [3.05, 3.63) is 54.1 Å². The van der Waals surface area contributed by atoms with Gasteiger partial charge in [-0.05, 0) is 68.1 Å². The highest BCUT2D eigenvalue weighted by molar-refractivity contribution is 5.99. The lowest BCUT2D eigenvalue weighted by molar-refractivity contribution is -0.121. The fourth-order valence-corrected chi connectivity index (χ4v) is 3.72. The molecule has 27 heavy (non-hydrogen) atoms. The highest BCUT2D eigenvalue weighted by Gasteiger charge is 2.42. The summed E-state index contributed by atoms with van der Waals surface area (Å²) in [5.74, 6) is 1.71. The van der Waals surface area contributed by atoms with Gasteiger partial charge in [0, 0.05) is 5.69 Å². The van der Waals surface area contributed by atoms with Gasteiger partial charge in [0.05, 0.1) is 18.6 Å². The average Bonchev–Trinajstić information content (AvgIpc) is 3.20. The van der Waals surface area contributed by atoms with Crippen molar-refractivity contribution < 1.29 is 14.3 Å². The molecule has 0 radical (unpaired) electrons. The standard InChI is InChI=1S/C23H29NO3/c1-4-17(2)27-21-13-9-19(10-14-21)24-22(25)23(15-5-6-16-23)18-7-11-20(26-3)12-8-18/h7-14,17H,4-6,15-16H2,1-3H3,(H,24,25)/t17-/m0/s1. The van der Waals surface area contributed by atoms with E-state index in [9.17, 15) is 4.79 Å². The van der Waals surface area contributed by atoms with Gasteiger partial charge in [-0.1, -0.05) is 31.9 Å². The molecule has 0 saturated heterocycles. The first-order valence-electron chi connectivity index (χ1n) is 9.80. The van der Waals surface area contributed by atoms with Crippen LogP contribution in [0.15, 0.2) is 48.5 Å². The van der Waals surface area contributed by atoms with Gasteiger partial charge in [-0.3, -0.25) is 4.79 Å². The zero-order chi connectivity index (χ0) is 19.3. The third kappa shape index (κ3) is 4.26. The summed E-state index contributed by atoms with van der Waals surface area (Å²) in [5, 5.41) is 3.12. The van der Waals surface area contributed by atoms with Gasteiger partial charge in [0.25, 0.3) is 0 Å². The summed E-state index contributed by atoms with van der Waals surface area (Å²) in [5.41, 5.74) is 1.41. The van der Waals surface area contributed by atoms with Gasteiger partial charge in [-0.2, -0.15) is 0 Å². The van der Waals surface area contributed by atoms with Crippen LogP contribution in [-0.4, -0.2) is 19.1 Å². The first-order chi connectivity index (χ1) is 13.1. The maximum absolute atomic E-state index is 13.2. The van der Waals surface area contributed by atoms with Crippen molar-refractivity contribution in [2.45, 2.75) is 57.5 Å². The van der Waals surface area contributed by atoms with Gasteiger partial charge in [-0.25, -0.2) is 0 Å². The summed E-state index contributed by atoms with van der Waals surface area (Å²) in [4.78, 5) is 13.2. The van der Waals surface area contributed by atoms with Crippen molar-refractivity contribution in [3.8, 4) is 11.5 Å². The van der Waals surface area contributed by atoms with E-state index in [2.05, 4.69) is 12.2 Å². The van der Waals surface area contributed by atoms with Crippen molar-refractivity contribution in [3.63, 3.8) is 0 Å². The van der Waals surface area contributed by atoms with Crippen molar-refractivity contribution in [2.24, 2.45) is 0 Å². The van der Waals surface area contributed by atoms with Crippen molar-refractivity contribution >= 4 is 11.6 Å². The molecule has 0 spiro atoms. The second-order valence-corrected chi connectivity index (χ2v) is 7.33. The normalized spacial score (nSPS) is 16.6. The summed E-state index contributed by atoms with van der Waals surface area (Å²) in [7, 11) is 1.65. The number of carbonyl (C=O) groups is 1. The molecule has 3 rings (SSSR count). The average molecular weight is 367 g/mol. The second-order valence-electron chi connectivity index (χ2n) is 7.33. The Bertz CT molecular complexity index is 746. The first kappa shape index (κ1) is 19.3. The number of benzene rings is 2. The molecule has 0 aliphatic heterocycles. The number of carbonyl (C=O) groups excluding carboxylic acids is 1. The van der Waals surface area contributed by atoms with Gasteiger partial charge in [-0.15, -0.1) is 0 Å². The van der Waals surface area contributed by atoms with Crippen LogP contribution in [0.2, 0.25) is 0 Å². The fraction of sp³-hybridized carbons (Fsp3) is 0.435. The molecule has 1 atom stereocenters. The maximum atomic E-state index is 13.2. The molecule has 0 aromatic heterocycles. The van der Waals surface area contributed by atoms with Crippen LogP contribution >= 0.6 is 0 Å². The van der Waals surface area contributed by atoms with Crippen LogP contribution in [0, 0.1) is 0 Å². The highest BCUT2D eigenvalue weighted by atomic mass is 16.5. The summed E-state index contributed by atoms with van der Waals surface area (Å²) < 4.78 is 11.1. The number of rotatable bonds is 7. The molecule has 0 heterocycles. The van der Waals surface area contributed by atoms with Crippen molar-refractivity contribution in [1.29, 1.82) is 0 Å². The Morgan fingerprint density at radius 1 is 1.04 bits per heavy atom. The minimum atomic E-state index is -0.460. The molecular formula is C23H29NO3. The monoisotopic (exact) mass is 367 g/mol. The molecule has 1 aliphatic carbocycles. The van der Waals surface area contributed by atoms with Crippen molar-refractivity contribution in [1.82, 2.24) is 0 Å². The van der Waals surface area contributed by atoms with Crippen LogP contribution < -0.4 is 14.8 Å². The van der Waals surface area contributed by atoms with E-state index in [4.69, 9.17) is 9.47 Å². The molecule has 1 saturated carbocycles. The van der Waals surface area contributed by atoms with Crippen LogP contribution in [0.25, 0.3) is 0 Å². The Morgan fingerprint density at radius 3 is 2.19 bits per heavy atom. The predicted octanol–water partition coefficient (Wildman–Crippen LogP) is 5.32. The third-order valence-corrected chi connectivity index (χ3v) is 5.56. The lowest BCUT2D eigenvalue weighted by atomic mass is 9.78. The quantitative estimate of drug-likeness (QED) is 0.720. The number of nitrogens with one attached hydrogen (secondary N) is 1. The Kier molecular flexibility index (Phi) is 6.04. The number of ether oxygens (including phenoxy) is 2. The highest BCUT2D eigenvalue weighted by Crippen LogP contribution is 2.42. The number of hydrogen-bond donors (Lipinski definition) is 1. The molecule has 144 valence electrons. The lowest BCUT2D eigenvalue weighted by Crippen LogP contribution is -2.37. The van der Waals surface area contributed by atoms with Crippen LogP contribution in [0.5, 0.6) is 11.5 Å². The van der Waals surface area contributed by atoms with E-state index >= 15 is 0 Å². The number of methoxy groups -OCH3 is 1. The SMILES string of the molecule is CC[C@H](C)Oc1ccc(NC(=O)C2(c3ccc(OC)cc3)CCCC2)cc1. The number of amides is 1. The van der Waals surface area contributed by atoms with E-state index in [1.54, 1.807) is 7.11 Å². The van der Waals surface area contributed by atoms with Gasteiger partial charge in [0.1, 0.15) is 11.5 Å². The van der Waals surface area contributed by atoms with E-state index in [0.717, 1.165) is 54.9 Å². The van der Waals surface area contributed by atoms with E-state index in [1.165, 1.54) is 0 Å². The zero-order valence-electron chi connectivity index (χ0n) is 16.5. The molecule has 0 bridgehead atoms. The maximum Gasteiger partial charge on any atom is 0.235 e. The van der Waals surface area contributed by atoms with Gasteiger partial charge >= 0.3 is 0 Å². The molecule has 2 aromatic carbocycles. The molecular weight excluding hydrogens is 338 g/mol. The molecule has 1 N–H and O–H groups in total. The minimum absolute atomic E-state index is 0.0701. The van der Waals surface area contributed by atoms with Gasteiger partial charge < -0.3 is 14.8 Å².